The van der Waals surface area contributed by atoms with Gasteiger partial charge in [0.25, 0.3) is 0 Å². The summed E-state index contributed by atoms with van der Waals surface area (Å²) >= 11 is 0. The van der Waals surface area contributed by atoms with Crippen molar-refractivity contribution in [3.63, 3.8) is 0 Å². The van der Waals surface area contributed by atoms with Crippen LogP contribution in [0.3, 0.4) is 0 Å². The maximum Gasteiger partial charge on any atom is 0.310 e. The van der Waals surface area contributed by atoms with E-state index in [1.807, 2.05) is 79.7 Å². The fourth-order valence-electron chi connectivity index (χ4n) is 5.13. The van der Waals surface area contributed by atoms with E-state index in [0.717, 1.165) is 40.7 Å². The van der Waals surface area contributed by atoms with Gasteiger partial charge in [0.15, 0.2) is 0 Å². The predicted octanol–water partition coefficient (Wildman–Crippen LogP) is 8.18. The molecule has 0 aliphatic carbocycles. The van der Waals surface area contributed by atoms with Crippen LogP contribution in [-0.4, -0.2) is 22.8 Å². The molecule has 0 aromatic heterocycles. The molecule has 4 atom stereocenters. The molecule has 0 saturated carbocycles. The second-order valence-corrected chi connectivity index (χ2v) is 13.7. The van der Waals surface area contributed by atoms with Crippen LogP contribution in [0.25, 0.3) is 11.1 Å². The van der Waals surface area contributed by atoms with E-state index in [9.17, 15) is 14.3 Å². The lowest BCUT2D eigenvalue weighted by atomic mass is 9.98. The summed E-state index contributed by atoms with van der Waals surface area (Å²) in [6.07, 6.45) is 2.26. The standard InChI is InChI=1S/C36H42NO4P/c1-4-11-29-16-20-32(21-17-29)27(2)37-28(3)42(39,40)26-35(36(38)41-25-31-12-7-5-8-13-31)24-30-18-22-34(23-19-30)33-14-9-6-10-15-33/h5-10,12-23,27-28,35,37H,4,11,24-26H2,1-3H3,(H,39,40)/t27-,28+,35+/m0/s1. The number of hydrogen-bond acceptors (Lipinski definition) is 4. The maximum atomic E-state index is 13.7. The smallest absolute Gasteiger partial charge is 0.310 e. The summed E-state index contributed by atoms with van der Waals surface area (Å²) in [4.78, 5) is 24.6. The highest BCUT2D eigenvalue weighted by Crippen LogP contribution is 2.48. The van der Waals surface area contributed by atoms with E-state index in [1.54, 1.807) is 6.92 Å². The molecule has 1 unspecified atom stereocenters. The third-order valence-corrected chi connectivity index (χ3v) is 10.0. The van der Waals surface area contributed by atoms with Crippen molar-refractivity contribution in [2.24, 2.45) is 5.92 Å². The fraction of sp³-hybridized carbons (Fsp3) is 0.306. The molecule has 6 heteroatoms. The van der Waals surface area contributed by atoms with Gasteiger partial charge in [-0.2, -0.15) is 0 Å². The number of carbonyl (C=O) groups is 1. The van der Waals surface area contributed by atoms with E-state index in [2.05, 4.69) is 48.6 Å². The minimum atomic E-state index is -3.79. The van der Waals surface area contributed by atoms with Crippen molar-refractivity contribution in [2.75, 3.05) is 6.16 Å². The van der Waals surface area contributed by atoms with Gasteiger partial charge < -0.3 is 9.63 Å². The van der Waals surface area contributed by atoms with Crippen LogP contribution in [0, 0.1) is 5.92 Å². The maximum absolute atomic E-state index is 13.7. The van der Waals surface area contributed by atoms with Crippen molar-refractivity contribution in [1.29, 1.82) is 0 Å². The predicted molar refractivity (Wildman–Crippen MR) is 171 cm³/mol. The van der Waals surface area contributed by atoms with Crippen molar-refractivity contribution in [3.8, 4) is 11.1 Å². The molecule has 0 fully saturated rings. The topological polar surface area (TPSA) is 75.6 Å². The van der Waals surface area contributed by atoms with Gasteiger partial charge in [0.05, 0.1) is 11.7 Å². The fourth-order valence-corrected chi connectivity index (χ4v) is 6.81. The Kier molecular flexibility index (Phi) is 11.3. The van der Waals surface area contributed by atoms with Crippen LogP contribution in [0.5, 0.6) is 0 Å². The van der Waals surface area contributed by atoms with Gasteiger partial charge in [-0.15, -0.1) is 0 Å². The second kappa shape index (κ2) is 15.1. The first-order valence-electron chi connectivity index (χ1n) is 14.8. The number of aryl methyl sites for hydroxylation is 1. The second-order valence-electron chi connectivity index (χ2n) is 11.1. The number of esters is 1. The lowest BCUT2D eigenvalue weighted by molar-refractivity contribution is -0.149. The first kappa shape index (κ1) is 31.4. The molecule has 220 valence electrons. The van der Waals surface area contributed by atoms with Crippen LogP contribution >= 0.6 is 7.37 Å². The summed E-state index contributed by atoms with van der Waals surface area (Å²) in [5.74, 6) is -1.93. The van der Waals surface area contributed by atoms with Gasteiger partial charge in [-0.1, -0.05) is 123 Å². The van der Waals surface area contributed by atoms with E-state index >= 15 is 0 Å². The highest BCUT2D eigenvalue weighted by Gasteiger charge is 2.35. The average molecular weight is 584 g/mol. The first-order valence-corrected chi connectivity index (χ1v) is 16.7. The summed E-state index contributed by atoms with van der Waals surface area (Å²) in [6, 6.07) is 35.8. The third kappa shape index (κ3) is 9.00. The molecular weight excluding hydrogens is 541 g/mol. The van der Waals surface area contributed by atoms with Gasteiger partial charge in [-0.3, -0.25) is 14.7 Å². The quantitative estimate of drug-likeness (QED) is 0.116. The zero-order chi connectivity index (χ0) is 30.0. The van der Waals surface area contributed by atoms with Crippen LogP contribution in [0.2, 0.25) is 0 Å². The van der Waals surface area contributed by atoms with Crippen molar-refractivity contribution < 1.29 is 19.0 Å². The number of ether oxygens (including phenoxy) is 1. The molecule has 0 radical (unpaired) electrons. The molecule has 4 rings (SSSR count). The van der Waals surface area contributed by atoms with E-state index in [1.165, 1.54) is 5.56 Å². The Morgan fingerprint density at radius 2 is 1.36 bits per heavy atom. The van der Waals surface area contributed by atoms with Crippen molar-refractivity contribution >= 4 is 13.3 Å². The molecule has 2 N–H and O–H groups in total. The normalized spacial score (nSPS) is 14.9. The number of rotatable bonds is 14. The molecule has 0 saturated heterocycles. The van der Waals surface area contributed by atoms with Gasteiger partial charge in [-0.05, 0) is 60.1 Å². The number of hydrogen-bond donors (Lipinski definition) is 2. The van der Waals surface area contributed by atoms with Crippen LogP contribution in [-0.2, 0) is 33.5 Å². The molecule has 0 heterocycles. The molecule has 4 aromatic rings. The monoisotopic (exact) mass is 583 g/mol. The largest absolute Gasteiger partial charge is 0.461 e. The summed E-state index contributed by atoms with van der Waals surface area (Å²) in [5, 5.41) is 3.31. The molecule has 4 aromatic carbocycles. The van der Waals surface area contributed by atoms with E-state index in [-0.39, 0.29) is 18.8 Å². The zero-order valence-electron chi connectivity index (χ0n) is 24.8. The van der Waals surface area contributed by atoms with Crippen LogP contribution in [0.15, 0.2) is 109 Å². The molecule has 42 heavy (non-hydrogen) atoms. The molecule has 5 nitrogen and oxygen atoms in total. The van der Waals surface area contributed by atoms with Gasteiger partial charge in [-0.25, -0.2) is 0 Å². The van der Waals surface area contributed by atoms with Gasteiger partial charge >= 0.3 is 5.97 Å². The van der Waals surface area contributed by atoms with E-state index in [4.69, 9.17) is 4.74 Å². The number of benzene rings is 4. The highest BCUT2D eigenvalue weighted by molar-refractivity contribution is 7.58. The molecule has 0 bridgehead atoms. The van der Waals surface area contributed by atoms with Crippen LogP contribution in [0.4, 0.5) is 0 Å². The Bertz CT molecular complexity index is 1440. The minimum absolute atomic E-state index is 0.120. The lowest BCUT2D eigenvalue weighted by Crippen LogP contribution is -2.32. The molecule has 0 spiro atoms. The van der Waals surface area contributed by atoms with Crippen molar-refractivity contribution in [3.05, 3.63) is 131 Å². The number of nitrogens with one attached hydrogen (secondary N) is 1. The zero-order valence-corrected chi connectivity index (χ0v) is 25.7. The first-order chi connectivity index (χ1) is 20.2. The summed E-state index contributed by atoms with van der Waals surface area (Å²) in [7, 11) is -3.79. The Morgan fingerprint density at radius 3 is 1.98 bits per heavy atom. The number of carbonyl (C=O) groups excluding carboxylic acids is 1. The summed E-state index contributed by atoms with van der Waals surface area (Å²) in [5.41, 5.74) is 6.30. The van der Waals surface area contributed by atoms with Crippen LogP contribution < -0.4 is 5.32 Å². The van der Waals surface area contributed by atoms with Gasteiger partial charge in [0.2, 0.25) is 7.37 Å². The third-order valence-electron chi connectivity index (χ3n) is 7.70. The van der Waals surface area contributed by atoms with Gasteiger partial charge in [0, 0.05) is 12.2 Å². The SMILES string of the molecule is CCCc1ccc([C@H](C)N[C@@H](C)P(=O)(O)C[C@@H](Cc2ccc(-c3ccccc3)cc2)C(=O)OCc2ccccc2)cc1. The van der Waals surface area contributed by atoms with E-state index < -0.39 is 25.0 Å². The Balaban J connectivity index is 1.47. The molecular formula is C36H42NO4P. The Labute approximate surface area is 250 Å². The van der Waals surface area contributed by atoms with Crippen molar-refractivity contribution in [1.82, 2.24) is 5.32 Å². The molecule has 0 amide bonds. The van der Waals surface area contributed by atoms with E-state index in [0.29, 0.717) is 6.42 Å². The van der Waals surface area contributed by atoms with Gasteiger partial charge in [0.1, 0.15) is 6.61 Å². The summed E-state index contributed by atoms with van der Waals surface area (Å²) in [6.45, 7) is 6.00. The average Bonchev–Trinajstić information content (AvgIpc) is 3.01. The Morgan fingerprint density at radius 1 is 0.786 bits per heavy atom. The molecule has 0 aliphatic heterocycles. The minimum Gasteiger partial charge on any atom is -0.461 e. The van der Waals surface area contributed by atoms with Crippen molar-refractivity contribution in [2.45, 2.75) is 58.5 Å². The molecule has 0 aliphatic rings. The van der Waals surface area contributed by atoms with Crippen LogP contribution in [0.1, 0.15) is 55.5 Å². The lowest BCUT2D eigenvalue weighted by Gasteiger charge is -2.27. The Hall–Kier alpha value is -3.50. The summed E-state index contributed by atoms with van der Waals surface area (Å²) < 4.78 is 19.4. The highest BCUT2D eigenvalue weighted by atomic mass is 31.2.